The largest absolute Gasteiger partial charge is 0.481 e. The first-order chi connectivity index (χ1) is 11.3. The smallest absolute Gasteiger partial charge is 0.307 e. The number of carboxylic acid groups (broad SMARTS) is 1. The standard InChI is InChI=1S/C21H30O3/c1-12-11-21(3)13(10-18(12)22)4-5-14-15-6-7-17(19(23)24)20(15,2)9-8-16(14)21/h10,12,14-17H,4-9,11H2,1-3H3,(H,23,24)/t12?,14-,15-,16-,17+,20-,21-/m0/s1. The molecule has 3 saturated carbocycles. The normalized spacial score (nSPS) is 50.5. The van der Waals surface area contributed by atoms with Crippen LogP contribution in [-0.4, -0.2) is 16.9 Å². The Hall–Kier alpha value is -1.12. The molecule has 0 heterocycles. The molecule has 24 heavy (non-hydrogen) atoms. The van der Waals surface area contributed by atoms with Gasteiger partial charge in [0.15, 0.2) is 5.78 Å². The van der Waals surface area contributed by atoms with E-state index in [1.807, 2.05) is 6.08 Å². The van der Waals surface area contributed by atoms with Crippen LogP contribution in [0.3, 0.4) is 0 Å². The van der Waals surface area contributed by atoms with Gasteiger partial charge in [-0.3, -0.25) is 9.59 Å². The first kappa shape index (κ1) is 16.4. The lowest BCUT2D eigenvalue weighted by Gasteiger charge is -2.58. The topological polar surface area (TPSA) is 54.4 Å². The average molecular weight is 330 g/mol. The lowest BCUT2D eigenvalue weighted by molar-refractivity contribution is -0.149. The van der Waals surface area contributed by atoms with Crippen molar-refractivity contribution in [1.82, 2.24) is 0 Å². The number of hydrogen-bond donors (Lipinski definition) is 1. The molecule has 4 rings (SSSR count). The number of ketones is 1. The number of carboxylic acids is 1. The van der Waals surface area contributed by atoms with Crippen molar-refractivity contribution in [1.29, 1.82) is 0 Å². The Labute approximate surface area is 144 Å². The van der Waals surface area contributed by atoms with Gasteiger partial charge in [0.25, 0.3) is 0 Å². The fourth-order valence-electron chi connectivity index (χ4n) is 7.30. The summed E-state index contributed by atoms with van der Waals surface area (Å²) < 4.78 is 0. The molecule has 4 aliphatic carbocycles. The number of aliphatic carboxylic acids is 1. The lowest BCUT2D eigenvalue weighted by Crippen LogP contribution is -2.51. The van der Waals surface area contributed by atoms with Gasteiger partial charge < -0.3 is 5.11 Å². The van der Waals surface area contributed by atoms with Crippen LogP contribution in [0.25, 0.3) is 0 Å². The first-order valence-electron chi connectivity index (χ1n) is 9.75. The van der Waals surface area contributed by atoms with E-state index in [9.17, 15) is 14.7 Å². The molecule has 0 aromatic rings. The quantitative estimate of drug-likeness (QED) is 0.772. The van der Waals surface area contributed by atoms with Crippen LogP contribution in [0.15, 0.2) is 11.6 Å². The van der Waals surface area contributed by atoms with E-state index >= 15 is 0 Å². The van der Waals surface area contributed by atoms with Crippen LogP contribution in [-0.2, 0) is 9.59 Å². The molecule has 0 saturated heterocycles. The van der Waals surface area contributed by atoms with Gasteiger partial charge in [0, 0.05) is 5.92 Å². The molecule has 0 aromatic heterocycles. The van der Waals surface area contributed by atoms with E-state index in [-0.39, 0.29) is 22.7 Å². The molecule has 1 N–H and O–H groups in total. The Morgan fingerprint density at radius 3 is 2.62 bits per heavy atom. The van der Waals surface area contributed by atoms with E-state index in [2.05, 4.69) is 20.8 Å². The first-order valence-corrected chi connectivity index (χ1v) is 9.75. The predicted molar refractivity (Wildman–Crippen MR) is 92.4 cm³/mol. The van der Waals surface area contributed by atoms with Gasteiger partial charge in [0.2, 0.25) is 0 Å². The molecular formula is C21H30O3. The zero-order valence-corrected chi connectivity index (χ0v) is 15.2. The monoisotopic (exact) mass is 330 g/mol. The van der Waals surface area contributed by atoms with Crippen molar-refractivity contribution in [2.75, 3.05) is 0 Å². The molecule has 7 atom stereocenters. The fourth-order valence-corrected chi connectivity index (χ4v) is 7.30. The highest BCUT2D eigenvalue weighted by atomic mass is 16.4. The highest BCUT2D eigenvalue weighted by molar-refractivity contribution is 5.93. The van der Waals surface area contributed by atoms with E-state index < -0.39 is 5.97 Å². The van der Waals surface area contributed by atoms with Crippen LogP contribution >= 0.6 is 0 Å². The molecule has 3 nitrogen and oxygen atoms in total. The third-order valence-electron chi connectivity index (χ3n) is 8.57. The summed E-state index contributed by atoms with van der Waals surface area (Å²) in [7, 11) is 0. The second kappa shape index (κ2) is 5.19. The Kier molecular flexibility index (Phi) is 3.54. The van der Waals surface area contributed by atoms with Crippen LogP contribution in [0.4, 0.5) is 0 Å². The Bertz CT molecular complexity index is 621. The molecule has 132 valence electrons. The van der Waals surface area contributed by atoms with Crippen LogP contribution in [0.5, 0.6) is 0 Å². The molecule has 0 aliphatic heterocycles. The van der Waals surface area contributed by atoms with Crippen molar-refractivity contribution in [3.8, 4) is 0 Å². The zero-order chi connectivity index (χ0) is 17.3. The fraction of sp³-hybridized carbons (Fsp3) is 0.810. The van der Waals surface area contributed by atoms with Gasteiger partial charge in [-0.25, -0.2) is 0 Å². The van der Waals surface area contributed by atoms with Gasteiger partial charge in [-0.05, 0) is 79.6 Å². The Balaban J connectivity index is 1.68. The maximum Gasteiger partial charge on any atom is 0.307 e. The van der Waals surface area contributed by atoms with Crippen molar-refractivity contribution < 1.29 is 14.7 Å². The van der Waals surface area contributed by atoms with Crippen LogP contribution in [0.1, 0.15) is 65.7 Å². The van der Waals surface area contributed by atoms with Crippen molar-refractivity contribution in [3.63, 3.8) is 0 Å². The van der Waals surface area contributed by atoms with Gasteiger partial charge in [0.1, 0.15) is 0 Å². The molecule has 0 radical (unpaired) electrons. The summed E-state index contributed by atoms with van der Waals surface area (Å²) in [6.07, 6.45) is 9.27. The number of fused-ring (bicyclic) bond motifs is 5. The molecule has 0 spiro atoms. The van der Waals surface area contributed by atoms with E-state index in [1.54, 1.807) is 0 Å². The van der Waals surface area contributed by atoms with Gasteiger partial charge >= 0.3 is 5.97 Å². The van der Waals surface area contributed by atoms with Crippen molar-refractivity contribution >= 4 is 11.8 Å². The van der Waals surface area contributed by atoms with Crippen LogP contribution < -0.4 is 0 Å². The summed E-state index contributed by atoms with van der Waals surface area (Å²) in [6.45, 7) is 6.72. The second-order valence-electron chi connectivity index (χ2n) is 9.52. The summed E-state index contributed by atoms with van der Waals surface area (Å²) in [5.41, 5.74) is 1.54. The van der Waals surface area contributed by atoms with E-state index in [1.165, 1.54) is 5.57 Å². The van der Waals surface area contributed by atoms with Gasteiger partial charge in [-0.15, -0.1) is 0 Å². The van der Waals surface area contributed by atoms with E-state index in [4.69, 9.17) is 0 Å². The maximum absolute atomic E-state index is 12.2. The summed E-state index contributed by atoms with van der Waals surface area (Å²) in [5, 5.41) is 9.67. The number of allylic oxidation sites excluding steroid dienone is 1. The lowest BCUT2D eigenvalue weighted by atomic mass is 9.46. The van der Waals surface area contributed by atoms with Crippen LogP contribution in [0.2, 0.25) is 0 Å². The summed E-state index contributed by atoms with van der Waals surface area (Å²) in [6, 6.07) is 0. The summed E-state index contributed by atoms with van der Waals surface area (Å²) in [4.78, 5) is 23.9. The van der Waals surface area contributed by atoms with Crippen molar-refractivity contribution in [2.45, 2.75) is 65.7 Å². The van der Waals surface area contributed by atoms with Crippen molar-refractivity contribution in [3.05, 3.63) is 11.6 Å². The SMILES string of the molecule is CC1C[C@@]2(C)C(=CC1=O)CC[C@H]1[C@@H]3CC[C@H](C(=O)O)[C@@]3(C)CC[C@@H]12. The number of carbonyl (C=O) groups is 2. The minimum absolute atomic E-state index is 0.0132. The molecule has 3 fully saturated rings. The third kappa shape index (κ3) is 2.02. The Morgan fingerprint density at radius 2 is 1.92 bits per heavy atom. The number of carbonyl (C=O) groups excluding carboxylic acids is 1. The highest BCUT2D eigenvalue weighted by Gasteiger charge is 2.60. The molecule has 3 heteroatoms. The Morgan fingerprint density at radius 1 is 1.17 bits per heavy atom. The number of rotatable bonds is 1. The maximum atomic E-state index is 12.2. The molecule has 0 bridgehead atoms. The molecular weight excluding hydrogens is 300 g/mol. The van der Waals surface area contributed by atoms with Gasteiger partial charge in [-0.2, -0.15) is 0 Å². The van der Waals surface area contributed by atoms with Crippen LogP contribution in [0, 0.1) is 40.4 Å². The predicted octanol–water partition coefficient (Wildman–Crippen LogP) is 4.47. The summed E-state index contributed by atoms with van der Waals surface area (Å²) >= 11 is 0. The number of hydrogen-bond acceptors (Lipinski definition) is 2. The molecule has 4 aliphatic rings. The minimum Gasteiger partial charge on any atom is -0.481 e. The average Bonchev–Trinajstić information content (AvgIpc) is 2.86. The van der Waals surface area contributed by atoms with Gasteiger partial charge in [-0.1, -0.05) is 26.3 Å². The van der Waals surface area contributed by atoms with E-state index in [0.29, 0.717) is 23.5 Å². The second-order valence-corrected chi connectivity index (χ2v) is 9.52. The highest BCUT2D eigenvalue weighted by Crippen LogP contribution is 2.66. The zero-order valence-electron chi connectivity index (χ0n) is 15.2. The molecule has 0 aromatic carbocycles. The van der Waals surface area contributed by atoms with Gasteiger partial charge in [0.05, 0.1) is 5.92 Å². The molecule has 0 amide bonds. The third-order valence-corrected chi connectivity index (χ3v) is 8.57. The molecule has 1 unspecified atom stereocenters. The van der Waals surface area contributed by atoms with Crippen molar-refractivity contribution in [2.24, 2.45) is 40.4 Å². The minimum atomic E-state index is -0.585. The summed E-state index contributed by atoms with van der Waals surface area (Å²) in [5.74, 6) is 1.56. The van der Waals surface area contributed by atoms with E-state index in [0.717, 1.165) is 44.9 Å².